The van der Waals surface area contributed by atoms with Crippen molar-refractivity contribution < 1.29 is 24.5 Å². The van der Waals surface area contributed by atoms with Gasteiger partial charge in [0.05, 0.1) is 0 Å². The van der Waals surface area contributed by atoms with Gasteiger partial charge in [-0.3, -0.25) is 0 Å². The summed E-state index contributed by atoms with van der Waals surface area (Å²) in [5, 5.41) is 26.7. The van der Waals surface area contributed by atoms with Crippen molar-refractivity contribution in [3.63, 3.8) is 0 Å². The van der Waals surface area contributed by atoms with E-state index in [2.05, 4.69) is 10.2 Å². The molecule has 3 N–H and O–H groups in total. The van der Waals surface area contributed by atoms with Gasteiger partial charge in [0.2, 0.25) is 11.4 Å². The van der Waals surface area contributed by atoms with Gasteiger partial charge in [-0.1, -0.05) is 6.07 Å². The lowest BCUT2D eigenvalue weighted by Crippen LogP contribution is -2.14. The van der Waals surface area contributed by atoms with Crippen LogP contribution in [0, 0.1) is 0 Å². The number of aromatic nitrogens is 3. The quantitative estimate of drug-likeness (QED) is 0.531. The average molecular weight is 249 g/mol. The van der Waals surface area contributed by atoms with Crippen molar-refractivity contribution in [3.8, 4) is 11.5 Å². The number of hydrogen-bond donors (Lipinski definition) is 3. The van der Waals surface area contributed by atoms with E-state index in [1.807, 2.05) is 5.21 Å². The minimum absolute atomic E-state index is 0.0688. The number of phenols is 1. The first kappa shape index (κ1) is 11.6. The molecule has 0 atom stereocenters. The first-order valence-electron chi connectivity index (χ1n) is 4.73. The van der Waals surface area contributed by atoms with Crippen molar-refractivity contribution in [2.75, 3.05) is 0 Å². The number of rotatable bonds is 3. The van der Waals surface area contributed by atoms with Gasteiger partial charge < -0.3 is 14.9 Å². The molecule has 0 aliphatic heterocycles. The van der Waals surface area contributed by atoms with E-state index in [1.165, 1.54) is 24.3 Å². The number of carbonyl (C=O) groups is 2. The Balaban J connectivity index is 2.22. The van der Waals surface area contributed by atoms with Crippen LogP contribution in [-0.4, -0.2) is 37.6 Å². The number of aromatic hydroxyl groups is 1. The van der Waals surface area contributed by atoms with Crippen molar-refractivity contribution >= 4 is 11.9 Å². The molecule has 1 aromatic carbocycles. The van der Waals surface area contributed by atoms with Crippen LogP contribution in [-0.2, 0) is 0 Å². The fourth-order valence-corrected chi connectivity index (χ4v) is 1.22. The molecule has 0 aliphatic rings. The van der Waals surface area contributed by atoms with E-state index in [9.17, 15) is 14.7 Å². The van der Waals surface area contributed by atoms with Gasteiger partial charge in [0.25, 0.3) is 0 Å². The number of carboxylic acid groups (broad SMARTS) is 1. The number of H-pyrrole nitrogens is 1. The fraction of sp³-hybridized carbons (Fsp3) is 0. The molecule has 8 heteroatoms. The van der Waals surface area contributed by atoms with E-state index in [1.54, 1.807) is 0 Å². The van der Waals surface area contributed by atoms with E-state index in [-0.39, 0.29) is 11.5 Å². The summed E-state index contributed by atoms with van der Waals surface area (Å²) in [6.07, 6.45) is 0. The topological polar surface area (TPSA) is 125 Å². The van der Waals surface area contributed by atoms with E-state index >= 15 is 0 Å². The lowest BCUT2D eigenvalue weighted by Gasteiger charge is -2.02. The summed E-state index contributed by atoms with van der Waals surface area (Å²) < 4.78 is 4.85. The van der Waals surface area contributed by atoms with Gasteiger partial charge in [-0.05, 0) is 12.1 Å². The van der Waals surface area contributed by atoms with Crippen LogP contribution < -0.4 is 4.74 Å². The highest BCUT2D eigenvalue weighted by Gasteiger charge is 2.23. The van der Waals surface area contributed by atoms with Crippen molar-refractivity contribution in [3.05, 3.63) is 35.7 Å². The highest BCUT2D eigenvalue weighted by Crippen LogP contribution is 2.18. The third-order valence-electron chi connectivity index (χ3n) is 1.97. The predicted molar refractivity (Wildman–Crippen MR) is 56.4 cm³/mol. The third kappa shape index (κ3) is 2.26. The molecule has 0 amide bonds. The standard InChI is InChI=1S/C10H7N3O5/c14-5-2-1-3-6(4-5)18-10(17)8-7(9(15)16)11-13-12-8/h1-4,14H,(H,15,16)(H,11,12,13). The molecule has 2 rings (SSSR count). The maximum Gasteiger partial charge on any atom is 0.366 e. The maximum absolute atomic E-state index is 11.6. The Labute approximate surface area is 99.8 Å². The van der Waals surface area contributed by atoms with Gasteiger partial charge in [0.15, 0.2) is 0 Å². The molecule has 0 saturated heterocycles. The second kappa shape index (κ2) is 4.53. The SMILES string of the molecule is O=C(O)c1n[nH]nc1C(=O)Oc1cccc(O)c1. The van der Waals surface area contributed by atoms with E-state index in [4.69, 9.17) is 9.84 Å². The zero-order valence-corrected chi connectivity index (χ0v) is 8.82. The average Bonchev–Trinajstić information content (AvgIpc) is 2.77. The number of benzene rings is 1. The van der Waals surface area contributed by atoms with E-state index < -0.39 is 23.3 Å². The van der Waals surface area contributed by atoms with Crippen LogP contribution in [0.1, 0.15) is 21.0 Å². The van der Waals surface area contributed by atoms with Crippen LogP contribution in [0.4, 0.5) is 0 Å². The number of nitrogens with zero attached hydrogens (tertiary/aromatic N) is 2. The largest absolute Gasteiger partial charge is 0.508 e. The number of nitrogens with one attached hydrogen (secondary N) is 1. The second-order valence-electron chi connectivity index (χ2n) is 3.21. The van der Waals surface area contributed by atoms with Crippen LogP contribution >= 0.6 is 0 Å². The lowest BCUT2D eigenvalue weighted by atomic mass is 10.3. The molecule has 0 bridgehead atoms. The highest BCUT2D eigenvalue weighted by molar-refractivity contribution is 6.00. The van der Waals surface area contributed by atoms with Crippen LogP contribution in [0.3, 0.4) is 0 Å². The number of aromatic carboxylic acids is 1. The summed E-state index contributed by atoms with van der Waals surface area (Å²) in [7, 11) is 0. The summed E-state index contributed by atoms with van der Waals surface area (Å²) in [6, 6.07) is 5.51. The fourth-order valence-electron chi connectivity index (χ4n) is 1.22. The molecule has 0 saturated carbocycles. The molecule has 8 nitrogen and oxygen atoms in total. The molecule has 92 valence electrons. The van der Waals surface area contributed by atoms with Crippen molar-refractivity contribution in [1.82, 2.24) is 15.4 Å². The normalized spacial score (nSPS) is 10.0. The van der Waals surface area contributed by atoms with Gasteiger partial charge >= 0.3 is 11.9 Å². The van der Waals surface area contributed by atoms with Crippen molar-refractivity contribution in [1.29, 1.82) is 0 Å². The summed E-state index contributed by atoms with van der Waals surface area (Å²) in [6.45, 7) is 0. The van der Waals surface area contributed by atoms with E-state index in [0.29, 0.717) is 0 Å². The Bertz CT molecular complexity index is 607. The number of carboxylic acids is 1. The first-order chi connectivity index (χ1) is 8.58. The molecule has 2 aromatic rings. The second-order valence-corrected chi connectivity index (χ2v) is 3.21. The highest BCUT2D eigenvalue weighted by atomic mass is 16.5. The number of aromatic amines is 1. The molecule has 0 unspecified atom stereocenters. The first-order valence-corrected chi connectivity index (χ1v) is 4.73. The van der Waals surface area contributed by atoms with Crippen LogP contribution in [0.25, 0.3) is 0 Å². The summed E-state index contributed by atoms with van der Waals surface area (Å²) in [4.78, 5) is 22.3. The molecule has 0 fully saturated rings. The zero-order valence-electron chi connectivity index (χ0n) is 8.82. The Morgan fingerprint density at radius 2 is 1.94 bits per heavy atom. The number of esters is 1. The van der Waals surface area contributed by atoms with Crippen LogP contribution in [0.5, 0.6) is 11.5 Å². The lowest BCUT2D eigenvalue weighted by molar-refractivity contribution is 0.0661. The smallest absolute Gasteiger partial charge is 0.366 e. The minimum Gasteiger partial charge on any atom is -0.508 e. The van der Waals surface area contributed by atoms with Crippen molar-refractivity contribution in [2.24, 2.45) is 0 Å². The molecular weight excluding hydrogens is 242 g/mol. The maximum atomic E-state index is 11.6. The Morgan fingerprint density at radius 3 is 2.61 bits per heavy atom. The monoisotopic (exact) mass is 249 g/mol. The molecule has 1 heterocycles. The van der Waals surface area contributed by atoms with Crippen LogP contribution in [0.2, 0.25) is 0 Å². The third-order valence-corrected chi connectivity index (χ3v) is 1.97. The number of phenolic OH excluding ortho intramolecular Hbond substituents is 1. The van der Waals surface area contributed by atoms with Gasteiger partial charge in [-0.15, -0.1) is 10.2 Å². The number of hydrogen-bond acceptors (Lipinski definition) is 6. The molecule has 18 heavy (non-hydrogen) atoms. The van der Waals surface area contributed by atoms with Gasteiger partial charge in [-0.2, -0.15) is 5.21 Å². The molecule has 0 radical (unpaired) electrons. The van der Waals surface area contributed by atoms with Crippen LogP contribution in [0.15, 0.2) is 24.3 Å². The molecule has 0 aliphatic carbocycles. The van der Waals surface area contributed by atoms with Gasteiger partial charge in [0.1, 0.15) is 11.5 Å². The number of carbonyl (C=O) groups excluding carboxylic acids is 1. The molecule has 0 spiro atoms. The van der Waals surface area contributed by atoms with Crippen molar-refractivity contribution in [2.45, 2.75) is 0 Å². The van der Waals surface area contributed by atoms with E-state index in [0.717, 1.165) is 0 Å². The summed E-state index contributed by atoms with van der Waals surface area (Å²) in [5.41, 5.74) is -0.967. The molecule has 1 aromatic heterocycles. The Morgan fingerprint density at radius 1 is 1.22 bits per heavy atom. The van der Waals surface area contributed by atoms with Gasteiger partial charge in [-0.25, -0.2) is 9.59 Å². The minimum atomic E-state index is -1.40. The van der Waals surface area contributed by atoms with Gasteiger partial charge in [0, 0.05) is 6.07 Å². The summed E-state index contributed by atoms with van der Waals surface area (Å²) in [5.74, 6) is -2.39. The zero-order chi connectivity index (χ0) is 13.1. The molecular formula is C10H7N3O5. The predicted octanol–water partition coefficient (Wildman–Crippen LogP) is 0.428. The Hall–Kier alpha value is -2.90. The Kier molecular flexibility index (Phi) is 2.92. The summed E-state index contributed by atoms with van der Waals surface area (Å²) >= 11 is 0. The number of ether oxygens (including phenoxy) is 1.